The van der Waals surface area contributed by atoms with Crippen molar-refractivity contribution >= 4 is 11.5 Å². The van der Waals surface area contributed by atoms with E-state index in [1.165, 1.54) is 32.1 Å². The minimum Gasteiger partial charge on any atom is -0.476 e. The molecule has 3 N–H and O–H groups in total. The van der Waals surface area contributed by atoms with Crippen LogP contribution in [0.2, 0.25) is 0 Å². The maximum atomic E-state index is 5.97. The molecular formula is C17H23N3O. The van der Waals surface area contributed by atoms with Gasteiger partial charge in [-0.25, -0.2) is 0 Å². The first-order chi connectivity index (χ1) is 10.3. The number of nitrogens with one attached hydrogen (secondary N) is 1. The Kier molecular flexibility index (Phi) is 2.47. The summed E-state index contributed by atoms with van der Waals surface area (Å²) >= 11 is 0. The molecule has 2 bridgehead atoms. The van der Waals surface area contributed by atoms with Crippen LogP contribution in [0.15, 0.2) is 12.1 Å². The molecule has 1 aromatic rings. The van der Waals surface area contributed by atoms with Gasteiger partial charge >= 0.3 is 0 Å². The Balaban J connectivity index is 1.28. The summed E-state index contributed by atoms with van der Waals surface area (Å²) in [6.07, 6.45) is 6.96. The zero-order valence-corrected chi connectivity index (χ0v) is 12.3. The van der Waals surface area contributed by atoms with Gasteiger partial charge in [0.2, 0.25) is 5.88 Å². The van der Waals surface area contributed by atoms with E-state index in [1.54, 1.807) is 0 Å². The zero-order valence-electron chi connectivity index (χ0n) is 12.3. The third kappa shape index (κ3) is 1.99. The van der Waals surface area contributed by atoms with Crippen LogP contribution in [0, 0.1) is 29.6 Å². The Bertz CT molecular complexity index is 555. The molecule has 0 aliphatic heterocycles. The number of aromatic nitrogens is 1. The van der Waals surface area contributed by atoms with Crippen LogP contribution in [0.25, 0.3) is 0 Å². The van der Waals surface area contributed by atoms with Gasteiger partial charge in [0.1, 0.15) is 5.82 Å². The van der Waals surface area contributed by atoms with Crippen molar-refractivity contribution < 1.29 is 4.74 Å². The second kappa shape index (κ2) is 4.28. The number of nitrogens with zero attached hydrogens (tertiary/aromatic N) is 1. The summed E-state index contributed by atoms with van der Waals surface area (Å²) in [7, 11) is 0. The number of fused-ring (bicyclic) bond motifs is 5. The lowest BCUT2D eigenvalue weighted by atomic mass is 10.0. The number of nitrogens with two attached hydrogens (primary N) is 1. The number of hydrogen-bond acceptors (Lipinski definition) is 4. The minimum atomic E-state index is 0.612. The molecule has 4 nitrogen and oxygen atoms in total. The Labute approximate surface area is 125 Å². The van der Waals surface area contributed by atoms with Crippen molar-refractivity contribution in [2.75, 3.05) is 17.7 Å². The van der Waals surface area contributed by atoms with E-state index >= 15 is 0 Å². The number of rotatable bonds is 5. The lowest BCUT2D eigenvalue weighted by Crippen LogP contribution is -2.14. The Morgan fingerprint density at radius 3 is 2.62 bits per heavy atom. The third-order valence-corrected chi connectivity index (χ3v) is 6.09. The van der Waals surface area contributed by atoms with E-state index < -0.39 is 0 Å². The normalized spacial score (nSPS) is 39.1. The van der Waals surface area contributed by atoms with Gasteiger partial charge in [0, 0.05) is 6.04 Å². The Morgan fingerprint density at radius 1 is 1.14 bits per heavy atom. The summed E-state index contributed by atoms with van der Waals surface area (Å²) in [5, 5.41) is 3.64. The molecule has 4 aliphatic carbocycles. The van der Waals surface area contributed by atoms with Crippen molar-refractivity contribution in [2.45, 2.75) is 38.1 Å². The number of anilines is 2. The first kappa shape index (κ1) is 12.1. The first-order valence-electron chi connectivity index (χ1n) is 8.45. The molecule has 0 spiro atoms. The Hall–Kier alpha value is -1.45. The summed E-state index contributed by atoms with van der Waals surface area (Å²) in [5.41, 5.74) is 6.62. The summed E-state index contributed by atoms with van der Waals surface area (Å²) in [4.78, 5) is 4.59. The van der Waals surface area contributed by atoms with E-state index in [0.717, 1.165) is 42.0 Å². The van der Waals surface area contributed by atoms with Gasteiger partial charge in [-0.05, 0) is 73.8 Å². The van der Waals surface area contributed by atoms with Crippen molar-refractivity contribution in [1.82, 2.24) is 4.98 Å². The Morgan fingerprint density at radius 2 is 1.90 bits per heavy atom. The van der Waals surface area contributed by atoms with Gasteiger partial charge in [-0.15, -0.1) is 0 Å². The summed E-state index contributed by atoms with van der Waals surface area (Å²) in [5.74, 6) is 6.07. The van der Waals surface area contributed by atoms with Crippen molar-refractivity contribution in [3.05, 3.63) is 12.1 Å². The van der Waals surface area contributed by atoms with Gasteiger partial charge in [-0.1, -0.05) is 0 Å². The highest BCUT2D eigenvalue weighted by atomic mass is 16.5. The fourth-order valence-electron chi connectivity index (χ4n) is 4.82. The molecule has 1 aromatic heterocycles. The van der Waals surface area contributed by atoms with Gasteiger partial charge in [-0.3, -0.25) is 0 Å². The summed E-state index contributed by atoms with van der Waals surface area (Å²) < 4.78 is 5.78. The van der Waals surface area contributed by atoms with Crippen LogP contribution in [0.5, 0.6) is 5.88 Å². The lowest BCUT2D eigenvalue weighted by molar-refractivity contribution is 0.290. The first-order valence-corrected chi connectivity index (χ1v) is 8.45. The number of nitrogen functional groups attached to an aromatic ring is 1. The smallest absolute Gasteiger partial charge is 0.239 e. The molecule has 0 saturated heterocycles. The molecule has 0 amide bonds. The fourth-order valence-corrected chi connectivity index (χ4v) is 4.82. The van der Waals surface area contributed by atoms with Crippen molar-refractivity contribution in [1.29, 1.82) is 0 Å². The van der Waals surface area contributed by atoms with Crippen LogP contribution >= 0.6 is 0 Å². The van der Waals surface area contributed by atoms with Crippen molar-refractivity contribution in [3.8, 4) is 5.88 Å². The van der Waals surface area contributed by atoms with Gasteiger partial charge in [0.05, 0.1) is 12.3 Å². The second-order valence-electron chi connectivity index (χ2n) is 7.50. The third-order valence-electron chi connectivity index (χ3n) is 6.09. The van der Waals surface area contributed by atoms with E-state index in [-0.39, 0.29) is 0 Å². The fraction of sp³-hybridized carbons (Fsp3) is 0.706. The molecule has 0 aromatic carbocycles. The highest BCUT2D eigenvalue weighted by molar-refractivity contribution is 5.54. The van der Waals surface area contributed by atoms with Gasteiger partial charge < -0.3 is 15.8 Å². The largest absolute Gasteiger partial charge is 0.476 e. The molecule has 112 valence electrons. The molecule has 4 heteroatoms. The van der Waals surface area contributed by atoms with Crippen molar-refractivity contribution in [2.24, 2.45) is 29.6 Å². The monoisotopic (exact) mass is 285 g/mol. The standard InChI is InChI=1S/C17H23N3O/c18-12-5-6-13(20-17(12)21-8-9-1-2-9)19-16-14-10-3-4-11(7-10)15(14)16/h5-6,9-11,14-16H,1-4,7-8,18H2,(H,19,20). The molecule has 4 aliphatic rings. The van der Waals surface area contributed by atoms with Gasteiger partial charge in [0.15, 0.2) is 0 Å². The average molecular weight is 285 g/mol. The molecular weight excluding hydrogens is 262 g/mol. The maximum Gasteiger partial charge on any atom is 0.239 e. The van der Waals surface area contributed by atoms with Crippen LogP contribution in [-0.2, 0) is 0 Å². The van der Waals surface area contributed by atoms with Crippen LogP contribution in [0.1, 0.15) is 32.1 Å². The second-order valence-corrected chi connectivity index (χ2v) is 7.50. The SMILES string of the molecule is Nc1ccc(NC2C3C4CCC(C4)C23)nc1OCC1CC1. The van der Waals surface area contributed by atoms with E-state index in [0.29, 0.717) is 17.6 Å². The van der Waals surface area contributed by atoms with E-state index in [9.17, 15) is 0 Å². The van der Waals surface area contributed by atoms with Crippen LogP contribution < -0.4 is 15.8 Å². The minimum absolute atomic E-state index is 0.612. The van der Waals surface area contributed by atoms with Crippen LogP contribution in [-0.4, -0.2) is 17.6 Å². The molecule has 4 saturated carbocycles. The van der Waals surface area contributed by atoms with Gasteiger partial charge in [0.25, 0.3) is 0 Å². The highest BCUT2D eigenvalue weighted by Gasteiger charge is 2.65. The summed E-state index contributed by atoms with van der Waals surface area (Å²) in [6.45, 7) is 0.763. The predicted octanol–water partition coefficient (Wildman–Crippen LogP) is 2.91. The molecule has 4 atom stereocenters. The molecule has 5 rings (SSSR count). The molecule has 0 radical (unpaired) electrons. The topological polar surface area (TPSA) is 60.2 Å². The molecule has 1 heterocycles. The van der Waals surface area contributed by atoms with E-state index in [4.69, 9.17) is 10.5 Å². The number of ether oxygens (including phenoxy) is 1. The van der Waals surface area contributed by atoms with E-state index in [2.05, 4.69) is 10.3 Å². The summed E-state index contributed by atoms with van der Waals surface area (Å²) in [6, 6.07) is 4.57. The molecule has 4 fully saturated rings. The average Bonchev–Trinajstić information content (AvgIpc) is 3.37. The number of pyridine rings is 1. The van der Waals surface area contributed by atoms with E-state index in [1.807, 2.05) is 12.1 Å². The quantitative estimate of drug-likeness (QED) is 0.873. The highest BCUT2D eigenvalue weighted by Crippen LogP contribution is 2.66. The molecule has 4 unspecified atom stereocenters. The van der Waals surface area contributed by atoms with Gasteiger partial charge in [-0.2, -0.15) is 4.98 Å². The lowest BCUT2D eigenvalue weighted by Gasteiger charge is -2.13. The maximum absolute atomic E-state index is 5.97. The van der Waals surface area contributed by atoms with Crippen molar-refractivity contribution in [3.63, 3.8) is 0 Å². The molecule has 21 heavy (non-hydrogen) atoms. The number of hydrogen-bond donors (Lipinski definition) is 2. The van der Waals surface area contributed by atoms with Crippen LogP contribution in [0.4, 0.5) is 11.5 Å². The predicted molar refractivity (Wildman–Crippen MR) is 82.1 cm³/mol. The zero-order chi connectivity index (χ0) is 14.0. The van der Waals surface area contributed by atoms with Crippen LogP contribution in [0.3, 0.4) is 0 Å².